The zero-order chi connectivity index (χ0) is 21.3. The van der Waals surface area contributed by atoms with Gasteiger partial charge in [0.05, 0.1) is 0 Å². The fourth-order valence-corrected chi connectivity index (χ4v) is 4.32. The standard InChI is InChI=1S/C21H29FN6O2/c1-3-4-9-28-17-18(25(2)21(30)24-19(17)29)23-20(28)27-12-10-26(11-13-27)14-15-7-5-6-8-16(15)22/h5-8,17-18H,3-4,9-14H2,1-2H3,(H,24,29,30). The Hall–Kier alpha value is -2.68. The molecule has 0 spiro atoms. The molecule has 1 N–H and O–H groups in total. The van der Waals surface area contributed by atoms with E-state index in [-0.39, 0.29) is 11.7 Å². The SMILES string of the molecule is CCCCN1C(N2CCN(Cc3ccccc3F)CC2)=NC2C1C(=O)NC(=O)N2C. The van der Waals surface area contributed by atoms with Crippen molar-refractivity contribution in [3.05, 3.63) is 35.6 Å². The number of benzene rings is 1. The largest absolute Gasteiger partial charge is 0.340 e. The van der Waals surface area contributed by atoms with Crippen LogP contribution >= 0.6 is 0 Å². The van der Waals surface area contributed by atoms with E-state index < -0.39 is 18.2 Å². The summed E-state index contributed by atoms with van der Waals surface area (Å²) in [5, 5.41) is 2.44. The smallest absolute Gasteiger partial charge is 0.325 e. The van der Waals surface area contributed by atoms with E-state index >= 15 is 0 Å². The van der Waals surface area contributed by atoms with E-state index in [1.54, 1.807) is 13.1 Å². The molecule has 9 heteroatoms. The third-order valence-corrected chi connectivity index (χ3v) is 6.10. The number of hydrogen-bond donors (Lipinski definition) is 1. The van der Waals surface area contributed by atoms with Crippen molar-refractivity contribution in [3.8, 4) is 0 Å². The van der Waals surface area contributed by atoms with Gasteiger partial charge in [-0.15, -0.1) is 0 Å². The van der Waals surface area contributed by atoms with E-state index in [0.717, 1.165) is 51.5 Å². The van der Waals surface area contributed by atoms with Crippen LogP contribution in [0.2, 0.25) is 0 Å². The van der Waals surface area contributed by atoms with Crippen LogP contribution in [0.1, 0.15) is 25.3 Å². The van der Waals surface area contributed by atoms with Gasteiger partial charge in [-0.1, -0.05) is 31.5 Å². The Morgan fingerprint density at radius 1 is 1.17 bits per heavy atom. The van der Waals surface area contributed by atoms with Crippen molar-refractivity contribution >= 4 is 17.9 Å². The van der Waals surface area contributed by atoms with Crippen LogP contribution in [-0.4, -0.2) is 89.5 Å². The average Bonchev–Trinajstić information content (AvgIpc) is 3.13. The van der Waals surface area contributed by atoms with Crippen LogP contribution in [-0.2, 0) is 11.3 Å². The van der Waals surface area contributed by atoms with Gasteiger partial charge in [0.25, 0.3) is 5.91 Å². The number of fused-ring (bicyclic) bond motifs is 1. The number of amides is 3. The molecule has 162 valence electrons. The number of halogens is 1. The molecule has 2 unspecified atom stereocenters. The molecule has 0 aromatic heterocycles. The molecule has 3 aliphatic heterocycles. The van der Waals surface area contributed by atoms with Crippen LogP contribution in [0.25, 0.3) is 0 Å². The Labute approximate surface area is 176 Å². The fraction of sp³-hybridized carbons (Fsp3) is 0.571. The first kappa shape index (κ1) is 20.6. The number of carbonyl (C=O) groups excluding carboxylic acids is 2. The molecule has 0 saturated carbocycles. The van der Waals surface area contributed by atoms with Crippen molar-refractivity contribution in [1.82, 2.24) is 24.9 Å². The first-order valence-electron chi connectivity index (χ1n) is 10.6. The number of likely N-dealkylation sites (N-methyl/N-ethyl adjacent to an activating group) is 1. The zero-order valence-corrected chi connectivity index (χ0v) is 17.6. The summed E-state index contributed by atoms with van der Waals surface area (Å²) in [6.07, 6.45) is 1.46. The summed E-state index contributed by atoms with van der Waals surface area (Å²) in [6, 6.07) is 6.00. The maximum atomic E-state index is 14.0. The molecule has 3 amide bonds. The Kier molecular flexibility index (Phi) is 5.90. The zero-order valence-electron chi connectivity index (χ0n) is 17.6. The lowest BCUT2D eigenvalue weighted by molar-refractivity contribution is -0.127. The van der Waals surface area contributed by atoms with Crippen LogP contribution < -0.4 is 5.32 Å². The summed E-state index contributed by atoms with van der Waals surface area (Å²) >= 11 is 0. The van der Waals surface area contributed by atoms with Crippen molar-refractivity contribution in [2.24, 2.45) is 4.99 Å². The molecule has 3 heterocycles. The van der Waals surface area contributed by atoms with Gasteiger partial charge in [-0.2, -0.15) is 0 Å². The lowest BCUT2D eigenvalue weighted by Gasteiger charge is -2.40. The monoisotopic (exact) mass is 416 g/mol. The van der Waals surface area contributed by atoms with Gasteiger partial charge in [0.2, 0.25) is 0 Å². The molecular weight excluding hydrogens is 387 g/mol. The normalized spacial score (nSPS) is 24.8. The van der Waals surface area contributed by atoms with Crippen molar-refractivity contribution in [3.63, 3.8) is 0 Å². The minimum atomic E-state index is -0.491. The third kappa shape index (κ3) is 3.86. The Morgan fingerprint density at radius 2 is 1.90 bits per heavy atom. The lowest BCUT2D eigenvalue weighted by Crippen LogP contribution is -2.64. The highest BCUT2D eigenvalue weighted by molar-refractivity contribution is 6.03. The molecule has 1 aromatic carbocycles. The number of carbonyl (C=O) groups is 2. The average molecular weight is 417 g/mol. The molecule has 0 radical (unpaired) electrons. The number of guanidine groups is 1. The molecule has 2 atom stereocenters. The number of unbranched alkanes of at least 4 members (excludes halogenated alkanes) is 1. The van der Waals surface area contributed by atoms with E-state index in [9.17, 15) is 14.0 Å². The van der Waals surface area contributed by atoms with Gasteiger partial charge in [-0.3, -0.25) is 15.0 Å². The van der Waals surface area contributed by atoms with E-state index in [0.29, 0.717) is 12.1 Å². The molecule has 8 nitrogen and oxygen atoms in total. The molecule has 30 heavy (non-hydrogen) atoms. The number of imide groups is 1. The molecule has 4 rings (SSSR count). The Bertz CT molecular complexity index is 839. The van der Waals surface area contributed by atoms with E-state index in [1.165, 1.54) is 11.0 Å². The molecular formula is C21H29FN6O2. The second-order valence-corrected chi connectivity index (χ2v) is 8.09. The molecule has 1 aromatic rings. The number of nitrogens with one attached hydrogen (secondary N) is 1. The third-order valence-electron chi connectivity index (χ3n) is 6.10. The number of piperazine rings is 1. The van der Waals surface area contributed by atoms with Crippen LogP contribution in [0.4, 0.5) is 9.18 Å². The predicted octanol–water partition coefficient (Wildman–Crippen LogP) is 1.29. The highest BCUT2D eigenvalue weighted by Gasteiger charge is 2.49. The minimum absolute atomic E-state index is 0.173. The van der Waals surface area contributed by atoms with Crippen LogP contribution in [0.5, 0.6) is 0 Å². The summed E-state index contributed by atoms with van der Waals surface area (Å²) in [4.78, 5) is 37.4. The van der Waals surface area contributed by atoms with Gasteiger partial charge in [-0.25, -0.2) is 14.2 Å². The second kappa shape index (κ2) is 8.59. The quantitative estimate of drug-likeness (QED) is 0.783. The summed E-state index contributed by atoms with van der Waals surface area (Å²) in [7, 11) is 1.68. The molecule has 3 aliphatic rings. The summed E-state index contributed by atoms with van der Waals surface area (Å²) in [5.74, 6) is 0.338. The number of nitrogens with zero attached hydrogens (tertiary/aromatic N) is 5. The van der Waals surface area contributed by atoms with Gasteiger partial charge in [-0.05, 0) is 12.5 Å². The predicted molar refractivity (Wildman–Crippen MR) is 111 cm³/mol. The number of rotatable bonds is 5. The summed E-state index contributed by atoms with van der Waals surface area (Å²) in [6.45, 7) is 6.47. The summed E-state index contributed by atoms with van der Waals surface area (Å²) in [5.41, 5.74) is 0.705. The molecule has 2 fully saturated rings. The lowest BCUT2D eigenvalue weighted by atomic mass is 10.1. The molecule has 2 saturated heterocycles. The van der Waals surface area contributed by atoms with Crippen molar-refractivity contribution in [2.45, 2.75) is 38.5 Å². The highest BCUT2D eigenvalue weighted by Crippen LogP contribution is 2.26. The molecule has 0 bridgehead atoms. The second-order valence-electron chi connectivity index (χ2n) is 8.09. The van der Waals surface area contributed by atoms with Gasteiger partial charge in [0.15, 0.2) is 18.2 Å². The van der Waals surface area contributed by atoms with Gasteiger partial charge >= 0.3 is 6.03 Å². The number of aliphatic imine (C=N–C) groups is 1. The summed E-state index contributed by atoms with van der Waals surface area (Å²) < 4.78 is 14.0. The first-order chi connectivity index (χ1) is 14.5. The first-order valence-corrected chi connectivity index (χ1v) is 10.6. The highest BCUT2D eigenvalue weighted by atomic mass is 19.1. The molecule has 0 aliphatic carbocycles. The number of hydrogen-bond acceptors (Lipinski definition) is 6. The van der Waals surface area contributed by atoms with Crippen molar-refractivity contribution < 1.29 is 14.0 Å². The van der Waals surface area contributed by atoms with Crippen LogP contribution in [0.15, 0.2) is 29.3 Å². The van der Waals surface area contributed by atoms with Gasteiger partial charge < -0.3 is 14.7 Å². The van der Waals surface area contributed by atoms with Gasteiger partial charge in [0.1, 0.15) is 5.82 Å². The van der Waals surface area contributed by atoms with E-state index in [4.69, 9.17) is 4.99 Å². The van der Waals surface area contributed by atoms with Crippen LogP contribution in [0.3, 0.4) is 0 Å². The van der Waals surface area contributed by atoms with Gasteiger partial charge in [0, 0.05) is 51.9 Å². The van der Waals surface area contributed by atoms with Crippen molar-refractivity contribution in [2.75, 3.05) is 39.8 Å². The van der Waals surface area contributed by atoms with Crippen molar-refractivity contribution in [1.29, 1.82) is 0 Å². The number of urea groups is 1. The topological polar surface area (TPSA) is 71.5 Å². The minimum Gasteiger partial charge on any atom is -0.340 e. The Balaban J connectivity index is 1.46. The maximum Gasteiger partial charge on any atom is 0.325 e. The Morgan fingerprint density at radius 3 is 2.60 bits per heavy atom. The van der Waals surface area contributed by atoms with E-state index in [1.807, 2.05) is 12.1 Å². The maximum absolute atomic E-state index is 14.0. The van der Waals surface area contributed by atoms with E-state index in [2.05, 4.69) is 26.9 Å². The fourth-order valence-electron chi connectivity index (χ4n) is 4.32. The van der Waals surface area contributed by atoms with Crippen LogP contribution in [0, 0.1) is 5.82 Å².